The number of carbonyl (C=O) groups excluding carboxylic acids is 1. The Kier molecular flexibility index (Phi) is 7.07. The molecular formula is C13H20ClN5O2. The monoisotopic (exact) mass is 313 g/mol. The van der Waals surface area contributed by atoms with Gasteiger partial charge in [-0.1, -0.05) is 5.21 Å². The number of aromatic nitrogens is 3. The summed E-state index contributed by atoms with van der Waals surface area (Å²) in [5, 5.41) is 13.9. The van der Waals surface area contributed by atoms with E-state index in [4.69, 9.17) is 4.74 Å². The normalized spacial score (nSPS) is 10.4. The zero-order valence-electron chi connectivity index (χ0n) is 12.1. The Morgan fingerprint density at radius 1 is 1.33 bits per heavy atom. The highest BCUT2D eigenvalue weighted by Crippen LogP contribution is 2.12. The number of carbonyl (C=O) groups is 1. The Bertz CT molecular complexity index is 587. The van der Waals surface area contributed by atoms with E-state index in [-0.39, 0.29) is 18.3 Å². The van der Waals surface area contributed by atoms with Crippen LogP contribution >= 0.6 is 12.4 Å². The number of rotatable bonds is 7. The molecule has 0 saturated carbocycles. The van der Waals surface area contributed by atoms with Crippen LogP contribution in [-0.2, 0) is 11.8 Å². The second-order valence-electron chi connectivity index (χ2n) is 4.42. The first-order valence-electron chi connectivity index (χ1n) is 6.49. The van der Waals surface area contributed by atoms with Crippen LogP contribution in [0.5, 0.6) is 0 Å². The van der Waals surface area contributed by atoms with E-state index in [1.165, 1.54) is 0 Å². The van der Waals surface area contributed by atoms with Crippen LogP contribution in [0.4, 0.5) is 0 Å². The van der Waals surface area contributed by atoms with E-state index in [9.17, 15) is 4.79 Å². The Morgan fingerprint density at radius 2 is 2.14 bits per heavy atom. The number of hydrogen-bond donors (Lipinski definition) is 2. The molecule has 8 heteroatoms. The van der Waals surface area contributed by atoms with Gasteiger partial charge in [0.2, 0.25) is 0 Å². The smallest absolute Gasteiger partial charge is 0.251 e. The second-order valence-corrected chi connectivity index (χ2v) is 4.42. The number of hydrogen-bond acceptors (Lipinski definition) is 5. The quantitative estimate of drug-likeness (QED) is 0.721. The molecule has 2 N–H and O–H groups in total. The van der Waals surface area contributed by atoms with Gasteiger partial charge >= 0.3 is 0 Å². The largest absolute Gasteiger partial charge is 0.383 e. The van der Waals surface area contributed by atoms with E-state index in [0.717, 1.165) is 17.6 Å². The molecule has 0 fully saturated rings. The van der Waals surface area contributed by atoms with E-state index < -0.39 is 0 Å². The van der Waals surface area contributed by atoms with Crippen molar-refractivity contribution in [2.75, 3.05) is 33.4 Å². The van der Waals surface area contributed by atoms with Crippen LogP contribution in [-0.4, -0.2) is 54.3 Å². The van der Waals surface area contributed by atoms with E-state index in [1.54, 1.807) is 23.9 Å². The van der Waals surface area contributed by atoms with Gasteiger partial charge in [-0.15, -0.1) is 17.5 Å². The second kappa shape index (κ2) is 8.56. The summed E-state index contributed by atoms with van der Waals surface area (Å²) < 4.78 is 6.59. The molecule has 0 aliphatic heterocycles. The number of halogens is 1. The van der Waals surface area contributed by atoms with Crippen LogP contribution in [0.3, 0.4) is 0 Å². The maximum absolute atomic E-state index is 12.0. The Labute approximate surface area is 129 Å². The number of benzene rings is 1. The van der Waals surface area contributed by atoms with Crippen molar-refractivity contribution in [1.29, 1.82) is 0 Å². The number of amides is 1. The molecule has 0 unspecified atom stereocenters. The summed E-state index contributed by atoms with van der Waals surface area (Å²) in [6.07, 6.45) is 0. The van der Waals surface area contributed by atoms with Crippen molar-refractivity contribution in [3.8, 4) is 0 Å². The van der Waals surface area contributed by atoms with E-state index in [1.807, 2.05) is 13.1 Å². The topological polar surface area (TPSA) is 81.1 Å². The molecule has 0 bridgehead atoms. The molecule has 1 amide bonds. The van der Waals surface area contributed by atoms with Crippen molar-refractivity contribution in [2.24, 2.45) is 7.05 Å². The Balaban J connectivity index is 0.00000220. The predicted octanol–water partition coefficient (Wildman–Crippen LogP) is 0.356. The van der Waals surface area contributed by atoms with Gasteiger partial charge in [0.15, 0.2) is 0 Å². The number of ether oxygens (including phenoxy) is 1. The van der Waals surface area contributed by atoms with Crippen molar-refractivity contribution >= 4 is 29.3 Å². The van der Waals surface area contributed by atoms with E-state index >= 15 is 0 Å². The molecule has 0 aliphatic rings. The van der Waals surface area contributed by atoms with Crippen molar-refractivity contribution in [2.45, 2.75) is 0 Å². The molecule has 0 saturated heterocycles. The lowest BCUT2D eigenvalue weighted by atomic mass is 10.2. The molecule has 0 radical (unpaired) electrons. The molecule has 0 atom stereocenters. The van der Waals surface area contributed by atoms with Crippen LogP contribution in [0.1, 0.15) is 10.4 Å². The fraction of sp³-hybridized carbons (Fsp3) is 0.462. The van der Waals surface area contributed by atoms with Gasteiger partial charge in [-0.25, -0.2) is 4.68 Å². The minimum Gasteiger partial charge on any atom is -0.383 e. The third-order valence-electron chi connectivity index (χ3n) is 2.94. The molecule has 0 spiro atoms. The van der Waals surface area contributed by atoms with E-state index in [2.05, 4.69) is 20.9 Å². The molecule has 116 valence electrons. The lowest BCUT2D eigenvalue weighted by Gasteiger charge is -2.06. The molecule has 0 aliphatic carbocycles. The van der Waals surface area contributed by atoms with Crippen LogP contribution in [0.15, 0.2) is 18.2 Å². The number of methoxy groups -OCH3 is 1. The minimum atomic E-state index is -0.105. The minimum absolute atomic E-state index is 0. The molecule has 1 aromatic heterocycles. The standard InChI is InChI=1S/C13H19N5O2.ClH/c1-18-12-4-3-10(9-11(12)16-17-18)13(19)15-6-5-14-7-8-20-2;/h3-4,9,14H,5-8H2,1-2H3,(H,15,19);1H. The molecular weight excluding hydrogens is 294 g/mol. The van der Waals surface area contributed by atoms with Crippen molar-refractivity contribution in [1.82, 2.24) is 25.6 Å². The lowest BCUT2D eigenvalue weighted by Crippen LogP contribution is -2.33. The molecule has 2 aromatic rings. The summed E-state index contributed by atoms with van der Waals surface area (Å²) in [6, 6.07) is 5.37. The first-order valence-corrected chi connectivity index (χ1v) is 6.49. The van der Waals surface area contributed by atoms with Crippen LogP contribution in [0.2, 0.25) is 0 Å². The van der Waals surface area contributed by atoms with Crippen molar-refractivity contribution in [3.05, 3.63) is 23.8 Å². The third-order valence-corrected chi connectivity index (χ3v) is 2.94. The van der Waals surface area contributed by atoms with Gasteiger partial charge < -0.3 is 15.4 Å². The van der Waals surface area contributed by atoms with Crippen LogP contribution in [0.25, 0.3) is 11.0 Å². The number of nitrogens with zero attached hydrogens (tertiary/aromatic N) is 3. The number of aryl methyl sites for hydroxylation is 1. The highest BCUT2D eigenvalue weighted by atomic mass is 35.5. The van der Waals surface area contributed by atoms with Crippen LogP contribution in [0, 0.1) is 0 Å². The maximum Gasteiger partial charge on any atom is 0.251 e. The first kappa shape index (κ1) is 17.4. The number of nitrogens with one attached hydrogen (secondary N) is 2. The molecule has 1 aromatic carbocycles. The summed E-state index contributed by atoms with van der Waals surface area (Å²) in [5.74, 6) is -0.105. The van der Waals surface area contributed by atoms with Gasteiger partial charge in [-0.2, -0.15) is 0 Å². The van der Waals surface area contributed by atoms with Gasteiger partial charge in [0.05, 0.1) is 12.1 Å². The van der Waals surface area contributed by atoms with Gasteiger partial charge in [0.1, 0.15) is 5.52 Å². The molecule has 1 heterocycles. The average molecular weight is 314 g/mol. The maximum atomic E-state index is 12.0. The van der Waals surface area contributed by atoms with Crippen LogP contribution < -0.4 is 10.6 Å². The average Bonchev–Trinajstić information content (AvgIpc) is 2.83. The highest BCUT2D eigenvalue weighted by molar-refractivity contribution is 5.97. The zero-order valence-corrected chi connectivity index (χ0v) is 12.9. The van der Waals surface area contributed by atoms with Gasteiger partial charge in [-0.05, 0) is 18.2 Å². The van der Waals surface area contributed by atoms with Gasteiger partial charge in [0, 0.05) is 39.4 Å². The summed E-state index contributed by atoms with van der Waals surface area (Å²) in [6.45, 7) is 2.72. The summed E-state index contributed by atoms with van der Waals surface area (Å²) >= 11 is 0. The fourth-order valence-electron chi connectivity index (χ4n) is 1.85. The molecule has 2 rings (SSSR count). The fourth-order valence-corrected chi connectivity index (χ4v) is 1.85. The summed E-state index contributed by atoms with van der Waals surface area (Å²) in [4.78, 5) is 12.0. The lowest BCUT2D eigenvalue weighted by molar-refractivity contribution is 0.0954. The van der Waals surface area contributed by atoms with Crippen molar-refractivity contribution < 1.29 is 9.53 Å². The van der Waals surface area contributed by atoms with Gasteiger partial charge in [0.25, 0.3) is 5.91 Å². The van der Waals surface area contributed by atoms with Gasteiger partial charge in [-0.3, -0.25) is 4.79 Å². The Morgan fingerprint density at radius 3 is 2.90 bits per heavy atom. The highest BCUT2D eigenvalue weighted by Gasteiger charge is 2.08. The zero-order chi connectivity index (χ0) is 14.4. The summed E-state index contributed by atoms with van der Waals surface area (Å²) in [7, 11) is 3.48. The summed E-state index contributed by atoms with van der Waals surface area (Å²) in [5.41, 5.74) is 2.22. The molecule has 21 heavy (non-hydrogen) atoms. The third kappa shape index (κ3) is 4.66. The Hall–Kier alpha value is -1.70. The van der Waals surface area contributed by atoms with E-state index in [0.29, 0.717) is 25.3 Å². The molecule has 7 nitrogen and oxygen atoms in total. The predicted molar refractivity (Wildman–Crippen MR) is 82.8 cm³/mol. The number of fused-ring (bicyclic) bond motifs is 1. The first-order chi connectivity index (χ1) is 9.72. The SMILES string of the molecule is COCCNCCNC(=O)c1ccc2c(c1)nnn2C.Cl. The van der Waals surface area contributed by atoms with Crippen molar-refractivity contribution in [3.63, 3.8) is 0 Å².